The van der Waals surface area contributed by atoms with Crippen LogP contribution in [0.3, 0.4) is 0 Å². The molecule has 26 heavy (non-hydrogen) atoms. The van der Waals surface area contributed by atoms with Crippen molar-refractivity contribution in [2.75, 3.05) is 6.79 Å². The van der Waals surface area contributed by atoms with Gasteiger partial charge in [0.2, 0.25) is 6.79 Å². The fourth-order valence-electron chi connectivity index (χ4n) is 2.81. The fraction of sp³-hybridized carbons (Fsp3) is 0.158. The normalized spacial score (nSPS) is 12.2. The molecule has 2 aromatic carbocycles. The highest BCUT2D eigenvalue weighted by molar-refractivity contribution is 6.32. The van der Waals surface area contributed by atoms with E-state index in [9.17, 15) is 4.79 Å². The van der Waals surface area contributed by atoms with E-state index in [4.69, 9.17) is 21.1 Å². The van der Waals surface area contributed by atoms with Gasteiger partial charge in [-0.05, 0) is 23.3 Å². The standard InChI is InChI=1S/C19H16ClN3O3/c20-16-7-15(8-17-18(16)26-12-25-17)19(24)22-9-13-2-1-3-14(6-13)10-23-5-4-21-11-23/h1-8,11H,9-10,12H2,(H,22,24). The lowest BCUT2D eigenvalue weighted by Gasteiger charge is -2.09. The van der Waals surface area contributed by atoms with Crippen LogP contribution in [0.15, 0.2) is 55.1 Å². The Morgan fingerprint density at radius 2 is 2.12 bits per heavy atom. The number of amides is 1. The van der Waals surface area contributed by atoms with Gasteiger partial charge >= 0.3 is 0 Å². The molecular formula is C19H16ClN3O3. The third-order valence-corrected chi connectivity index (χ3v) is 4.34. The number of imidazole rings is 1. The van der Waals surface area contributed by atoms with Crippen molar-refractivity contribution in [3.8, 4) is 11.5 Å². The monoisotopic (exact) mass is 369 g/mol. The summed E-state index contributed by atoms with van der Waals surface area (Å²) in [6.07, 6.45) is 5.44. The zero-order chi connectivity index (χ0) is 17.9. The summed E-state index contributed by atoms with van der Waals surface area (Å²) in [6, 6.07) is 11.3. The number of benzene rings is 2. The Labute approximate surface area is 155 Å². The molecule has 1 aliphatic rings. The molecule has 3 aromatic rings. The van der Waals surface area contributed by atoms with Gasteiger partial charge in [-0.2, -0.15) is 0 Å². The number of carbonyl (C=O) groups excluding carboxylic acids is 1. The number of rotatable bonds is 5. The van der Waals surface area contributed by atoms with Gasteiger partial charge in [-0.1, -0.05) is 35.9 Å². The van der Waals surface area contributed by atoms with Crippen molar-refractivity contribution in [2.24, 2.45) is 0 Å². The number of aromatic nitrogens is 2. The number of fused-ring (bicyclic) bond motifs is 1. The highest BCUT2D eigenvalue weighted by Gasteiger charge is 2.20. The fourth-order valence-corrected chi connectivity index (χ4v) is 3.08. The Bertz CT molecular complexity index is 941. The maximum Gasteiger partial charge on any atom is 0.251 e. The van der Waals surface area contributed by atoms with Crippen LogP contribution in [-0.2, 0) is 13.1 Å². The molecule has 4 rings (SSSR count). The van der Waals surface area contributed by atoms with Crippen molar-refractivity contribution in [1.29, 1.82) is 0 Å². The van der Waals surface area contributed by atoms with Crippen molar-refractivity contribution < 1.29 is 14.3 Å². The zero-order valence-corrected chi connectivity index (χ0v) is 14.6. The van der Waals surface area contributed by atoms with Crippen molar-refractivity contribution in [3.63, 3.8) is 0 Å². The van der Waals surface area contributed by atoms with Crippen LogP contribution in [0.25, 0.3) is 0 Å². The molecule has 0 bridgehead atoms. The molecule has 0 fully saturated rings. The van der Waals surface area contributed by atoms with Gasteiger partial charge in [-0.3, -0.25) is 4.79 Å². The van der Waals surface area contributed by atoms with Crippen molar-refractivity contribution in [2.45, 2.75) is 13.1 Å². The van der Waals surface area contributed by atoms with E-state index in [1.165, 1.54) is 0 Å². The first-order chi connectivity index (χ1) is 12.7. The van der Waals surface area contributed by atoms with E-state index in [1.54, 1.807) is 24.7 Å². The highest BCUT2D eigenvalue weighted by atomic mass is 35.5. The Kier molecular flexibility index (Phi) is 4.50. The molecule has 0 aliphatic carbocycles. The number of ether oxygens (including phenoxy) is 2. The van der Waals surface area contributed by atoms with Gasteiger partial charge in [0, 0.05) is 31.0 Å². The van der Waals surface area contributed by atoms with E-state index >= 15 is 0 Å². The van der Waals surface area contributed by atoms with Gasteiger partial charge in [0.15, 0.2) is 11.5 Å². The van der Waals surface area contributed by atoms with Crippen LogP contribution in [0, 0.1) is 0 Å². The molecule has 0 unspecified atom stereocenters. The van der Waals surface area contributed by atoms with Crippen LogP contribution < -0.4 is 14.8 Å². The summed E-state index contributed by atoms with van der Waals surface area (Å²) < 4.78 is 12.6. The molecule has 0 saturated carbocycles. The van der Waals surface area contributed by atoms with Gasteiger partial charge in [0.05, 0.1) is 11.3 Å². The molecule has 1 aromatic heterocycles. The first-order valence-corrected chi connectivity index (χ1v) is 8.48. The summed E-state index contributed by atoms with van der Waals surface area (Å²) in [5, 5.41) is 3.27. The lowest BCUT2D eigenvalue weighted by molar-refractivity contribution is 0.0950. The molecule has 0 saturated heterocycles. The predicted octanol–water partition coefficient (Wildman–Crippen LogP) is 3.24. The minimum atomic E-state index is -0.217. The van der Waals surface area contributed by atoms with Crippen molar-refractivity contribution >= 4 is 17.5 Å². The maximum atomic E-state index is 12.4. The third kappa shape index (κ3) is 3.50. The average Bonchev–Trinajstić information content (AvgIpc) is 3.31. The molecule has 132 valence electrons. The number of nitrogens with zero attached hydrogens (tertiary/aromatic N) is 2. The molecular weight excluding hydrogens is 354 g/mol. The van der Waals surface area contributed by atoms with Crippen molar-refractivity contribution in [1.82, 2.24) is 14.9 Å². The second kappa shape index (κ2) is 7.09. The van der Waals surface area contributed by atoms with Crippen molar-refractivity contribution in [3.05, 3.63) is 76.8 Å². The van der Waals surface area contributed by atoms with Crippen LogP contribution in [0.4, 0.5) is 0 Å². The molecule has 1 N–H and O–H groups in total. The second-order valence-corrected chi connectivity index (χ2v) is 6.34. The molecule has 6 nitrogen and oxygen atoms in total. The van der Waals surface area contributed by atoms with Crippen LogP contribution in [-0.4, -0.2) is 22.3 Å². The molecule has 0 radical (unpaired) electrons. The topological polar surface area (TPSA) is 65.4 Å². The summed E-state index contributed by atoms with van der Waals surface area (Å²) in [4.78, 5) is 16.5. The smallest absolute Gasteiger partial charge is 0.251 e. The van der Waals surface area contributed by atoms with Crippen LogP contribution >= 0.6 is 11.6 Å². The van der Waals surface area contributed by atoms with E-state index < -0.39 is 0 Å². The predicted molar refractivity (Wildman–Crippen MR) is 96.5 cm³/mol. The average molecular weight is 370 g/mol. The number of hydrogen-bond donors (Lipinski definition) is 1. The van der Waals surface area contributed by atoms with E-state index in [-0.39, 0.29) is 12.7 Å². The molecule has 2 heterocycles. The molecule has 0 spiro atoms. The van der Waals surface area contributed by atoms with E-state index in [1.807, 2.05) is 29.0 Å². The lowest BCUT2D eigenvalue weighted by Crippen LogP contribution is -2.22. The largest absolute Gasteiger partial charge is 0.454 e. The number of carbonyl (C=O) groups is 1. The Morgan fingerprint density at radius 1 is 1.23 bits per heavy atom. The zero-order valence-electron chi connectivity index (χ0n) is 13.8. The van der Waals surface area contributed by atoms with Crippen LogP contribution in [0.2, 0.25) is 5.02 Å². The number of nitrogens with one attached hydrogen (secondary N) is 1. The lowest BCUT2D eigenvalue weighted by atomic mass is 10.1. The molecule has 0 atom stereocenters. The van der Waals surface area contributed by atoms with Gasteiger partial charge in [0.25, 0.3) is 5.91 Å². The summed E-state index contributed by atoms with van der Waals surface area (Å²) in [5.41, 5.74) is 2.59. The van der Waals surface area contributed by atoms with Crippen LogP contribution in [0.5, 0.6) is 11.5 Å². The second-order valence-electron chi connectivity index (χ2n) is 5.93. The van der Waals surface area contributed by atoms with Crippen LogP contribution in [0.1, 0.15) is 21.5 Å². The molecule has 1 amide bonds. The van der Waals surface area contributed by atoms with E-state index in [0.717, 1.165) is 17.7 Å². The summed E-state index contributed by atoms with van der Waals surface area (Å²) in [5.74, 6) is 0.755. The SMILES string of the molecule is O=C(NCc1cccc(Cn2ccnc2)c1)c1cc(Cl)c2c(c1)OCO2. The number of halogens is 1. The summed E-state index contributed by atoms with van der Waals surface area (Å²) in [6.45, 7) is 1.27. The molecule has 1 aliphatic heterocycles. The summed E-state index contributed by atoms with van der Waals surface area (Å²) >= 11 is 6.13. The number of hydrogen-bond acceptors (Lipinski definition) is 4. The van der Waals surface area contributed by atoms with Gasteiger partial charge in [-0.15, -0.1) is 0 Å². The third-order valence-electron chi connectivity index (χ3n) is 4.06. The Hall–Kier alpha value is -2.99. The van der Waals surface area contributed by atoms with Gasteiger partial charge in [-0.25, -0.2) is 4.98 Å². The Balaban J connectivity index is 1.42. The molecule has 7 heteroatoms. The Morgan fingerprint density at radius 3 is 2.96 bits per heavy atom. The summed E-state index contributed by atoms with van der Waals surface area (Å²) in [7, 11) is 0. The first kappa shape index (κ1) is 16.5. The maximum absolute atomic E-state index is 12.4. The van der Waals surface area contributed by atoms with Gasteiger partial charge in [0.1, 0.15) is 0 Å². The highest BCUT2D eigenvalue weighted by Crippen LogP contribution is 2.39. The minimum absolute atomic E-state index is 0.115. The van der Waals surface area contributed by atoms with E-state index in [2.05, 4.69) is 16.4 Å². The first-order valence-electron chi connectivity index (χ1n) is 8.10. The minimum Gasteiger partial charge on any atom is -0.454 e. The van der Waals surface area contributed by atoms with Gasteiger partial charge < -0.3 is 19.4 Å². The quantitative estimate of drug-likeness (QED) is 0.749. The van der Waals surface area contributed by atoms with E-state index in [0.29, 0.717) is 28.6 Å².